The number of fused-ring (bicyclic) bond motifs is 2. The number of nitrogens with zero attached hydrogens (tertiary/aromatic N) is 2. The van der Waals surface area contributed by atoms with Gasteiger partial charge in [0, 0.05) is 36.0 Å². The largest absolute Gasteiger partial charge is 0.349 e. The van der Waals surface area contributed by atoms with Gasteiger partial charge in [-0.3, -0.25) is 9.78 Å². The van der Waals surface area contributed by atoms with Crippen LogP contribution in [0.4, 0.5) is 14.9 Å². The number of aromatic nitrogens is 1. The molecule has 2 bridgehead atoms. The molecule has 2 N–H and O–H groups in total. The Balaban J connectivity index is 1.35. The third-order valence-electron chi connectivity index (χ3n) is 5.22. The van der Waals surface area contributed by atoms with Crippen LogP contribution in [0.25, 0.3) is 0 Å². The molecule has 1 saturated heterocycles. The summed E-state index contributed by atoms with van der Waals surface area (Å²) in [6.45, 7) is 0.531. The van der Waals surface area contributed by atoms with E-state index in [-0.39, 0.29) is 40.6 Å². The summed E-state index contributed by atoms with van der Waals surface area (Å²) in [6.07, 6.45) is 4.67. The van der Waals surface area contributed by atoms with Crippen LogP contribution in [0.2, 0.25) is 5.02 Å². The summed E-state index contributed by atoms with van der Waals surface area (Å²) in [5, 5.41) is 5.92. The van der Waals surface area contributed by atoms with Crippen LogP contribution in [0, 0.1) is 11.7 Å². The fraction of sp³-hybridized carbons (Fsp3) is 0.316. The van der Waals surface area contributed by atoms with Gasteiger partial charge in [0.05, 0.1) is 11.3 Å². The Morgan fingerprint density at radius 3 is 2.78 bits per heavy atom. The number of carbonyl (C=O) groups excluding carboxylic acids is 2. The molecule has 3 atom stereocenters. The monoisotopic (exact) mass is 388 g/mol. The van der Waals surface area contributed by atoms with Gasteiger partial charge < -0.3 is 15.5 Å². The van der Waals surface area contributed by atoms with Crippen LogP contribution in [0.5, 0.6) is 0 Å². The lowest BCUT2D eigenvalue weighted by atomic mass is 10.0. The van der Waals surface area contributed by atoms with E-state index in [1.807, 2.05) is 0 Å². The molecule has 4 rings (SSSR count). The standard InChI is InChI=1S/C19H18ClFN4O2/c20-13-3-4-16(15(21)7-13)24-19(27)25-10-12-6-14(25)8-17(12)23-18(26)11-2-1-5-22-9-11/h1-5,7,9,12,14,17H,6,8,10H2,(H,23,26)(H,24,27)/t12-,14-,17-/m0/s1. The maximum Gasteiger partial charge on any atom is 0.322 e. The lowest BCUT2D eigenvalue weighted by Crippen LogP contribution is -2.48. The van der Waals surface area contributed by atoms with Crippen LogP contribution in [0.15, 0.2) is 42.7 Å². The van der Waals surface area contributed by atoms with Crippen molar-refractivity contribution in [3.63, 3.8) is 0 Å². The molecule has 0 unspecified atom stereocenters. The second-order valence-corrected chi connectivity index (χ2v) is 7.35. The Labute approximate surface area is 160 Å². The minimum atomic E-state index is -0.568. The van der Waals surface area contributed by atoms with E-state index in [1.165, 1.54) is 18.3 Å². The lowest BCUT2D eigenvalue weighted by molar-refractivity contribution is 0.0914. The third-order valence-corrected chi connectivity index (χ3v) is 5.45. The second-order valence-electron chi connectivity index (χ2n) is 6.91. The van der Waals surface area contributed by atoms with E-state index >= 15 is 0 Å². The normalized spacial score (nSPS) is 23.3. The van der Waals surface area contributed by atoms with Crippen molar-refractivity contribution in [3.8, 4) is 0 Å². The molecule has 1 aliphatic carbocycles. The van der Waals surface area contributed by atoms with E-state index < -0.39 is 5.82 Å². The van der Waals surface area contributed by atoms with Gasteiger partial charge >= 0.3 is 6.03 Å². The zero-order valence-electron chi connectivity index (χ0n) is 14.4. The topological polar surface area (TPSA) is 74.3 Å². The van der Waals surface area contributed by atoms with E-state index in [2.05, 4.69) is 15.6 Å². The number of pyridine rings is 1. The summed E-state index contributed by atoms with van der Waals surface area (Å²) < 4.78 is 13.9. The number of likely N-dealkylation sites (tertiary alicyclic amines) is 1. The minimum Gasteiger partial charge on any atom is -0.349 e. The summed E-state index contributed by atoms with van der Waals surface area (Å²) >= 11 is 5.73. The number of anilines is 1. The van der Waals surface area contributed by atoms with Gasteiger partial charge in [-0.05, 0) is 49.1 Å². The Bertz CT molecular complexity index is 879. The molecular formula is C19H18ClFN4O2. The molecule has 27 heavy (non-hydrogen) atoms. The van der Waals surface area contributed by atoms with Crippen LogP contribution in [-0.2, 0) is 0 Å². The highest BCUT2D eigenvalue weighted by Crippen LogP contribution is 2.38. The zero-order chi connectivity index (χ0) is 19.0. The van der Waals surface area contributed by atoms with Gasteiger partial charge in [0.15, 0.2) is 0 Å². The maximum absolute atomic E-state index is 13.9. The summed E-state index contributed by atoms with van der Waals surface area (Å²) in [4.78, 5) is 30.5. The number of nitrogens with one attached hydrogen (secondary N) is 2. The zero-order valence-corrected chi connectivity index (χ0v) is 15.1. The van der Waals surface area contributed by atoms with Gasteiger partial charge in [0.2, 0.25) is 0 Å². The van der Waals surface area contributed by atoms with E-state index in [4.69, 9.17) is 11.6 Å². The fourth-order valence-electron chi connectivity index (χ4n) is 3.91. The lowest BCUT2D eigenvalue weighted by Gasteiger charge is -2.32. The summed E-state index contributed by atoms with van der Waals surface area (Å²) in [5.74, 6) is -0.530. The molecule has 1 aliphatic heterocycles. The number of halogens is 2. The maximum atomic E-state index is 13.9. The average molecular weight is 389 g/mol. The molecule has 2 aromatic rings. The van der Waals surface area contributed by atoms with Crippen molar-refractivity contribution in [1.29, 1.82) is 0 Å². The van der Waals surface area contributed by atoms with Gasteiger partial charge in [-0.1, -0.05) is 11.6 Å². The average Bonchev–Trinajstić information content (AvgIpc) is 3.25. The Kier molecular flexibility index (Phi) is 4.70. The van der Waals surface area contributed by atoms with Crippen molar-refractivity contribution in [2.24, 2.45) is 5.92 Å². The molecule has 140 valence electrons. The number of hydrogen-bond donors (Lipinski definition) is 2. The molecule has 1 saturated carbocycles. The first-order valence-corrected chi connectivity index (χ1v) is 9.12. The summed E-state index contributed by atoms with van der Waals surface area (Å²) in [5.41, 5.74) is 0.627. The number of hydrogen-bond acceptors (Lipinski definition) is 3. The number of benzene rings is 1. The number of urea groups is 1. The Morgan fingerprint density at radius 1 is 1.26 bits per heavy atom. The van der Waals surface area contributed by atoms with Gasteiger partial charge in [-0.2, -0.15) is 0 Å². The highest BCUT2D eigenvalue weighted by Gasteiger charge is 2.47. The van der Waals surface area contributed by atoms with Crippen LogP contribution in [0.1, 0.15) is 23.2 Å². The van der Waals surface area contributed by atoms with E-state index in [1.54, 1.807) is 23.2 Å². The fourth-order valence-corrected chi connectivity index (χ4v) is 4.06. The van der Waals surface area contributed by atoms with Gasteiger partial charge in [-0.25, -0.2) is 9.18 Å². The minimum absolute atomic E-state index is 0.0269. The predicted molar refractivity (Wildman–Crippen MR) is 99.1 cm³/mol. The highest BCUT2D eigenvalue weighted by molar-refractivity contribution is 6.30. The molecular weight excluding hydrogens is 371 g/mol. The first kappa shape index (κ1) is 17.7. The highest BCUT2D eigenvalue weighted by atomic mass is 35.5. The van der Waals surface area contributed by atoms with Crippen molar-refractivity contribution < 1.29 is 14.0 Å². The number of rotatable bonds is 3. The smallest absolute Gasteiger partial charge is 0.322 e. The molecule has 1 aromatic carbocycles. The molecule has 8 heteroatoms. The Morgan fingerprint density at radius 2 is 2.11 bits per heavy atom. The molecule has 1 aromatic heterocycles. The van der Waals surface area contributed by atoms with Crippen molar-refractivity contribution in [1.82, 2.24) is 15.2 Å². The van der Waals surface area contributed by atoms with Crippen molar-refractivity contribution in [2.45, 2.75) is 24.9 Å². The SMILES string of the molecule is O=C(N[C@H]1C[C@@H]2C[C@H]1CN2C(=O)Nc1ccc(Cl)cc1F)c1cccnc1. The molecule has 6 nitrogen and oxygen atoms in total. The van der Waals surface area contributed by atoms with Gasteiger partial charge in [-0.15, -0.1) is 0 Å². The number of piperidine rings is 1. The van der Waals surface area contributed by atoms with Crippen LogP contribution >= 0.6 is 11.6 Å². The first-order chi connectivity index (χ1) is 13.0. The molecule has 3 amide bonds. The Hall–Kier alpha value is -2.67. The summed E-state index contributed by atoms with van der Waals surface area (Å²) in [7, 11) is 0. The second kappa shape index (κ2) is 7.15. The first-order valence-electron chi connectivity index (χ1n) is 8.75. The molecule has 0 spiro atoms. The van der Waals surface area contributed by atoms with Crippen LogP contribution in [-0.4, -0.2) is 40.5 Å². The van der Waals surface area contributed by atoms with Crippen molar-refractivity contribution in [2.75, 3.05) is 11.9 Å². The molecule has 0 radical (unpaired) electrons. The molecule has 2 aliphatic rings. The van der Waals surface area contributed by atoms with Crippen LogP contribution < -0.4 is 10.6 Å². The summed E-state index contributed by atoms with van der Waals surface area (Å²) in [6, 6.07) is 7.30. The van der Waals surface area contributed by atoms with Crippen molar-refractivity contribution >= 4 is 29.2 Å². The quantitative estimate of drug-likeness (QED) is 0.847. The predicted octanol–water partition coefficient (Wildman–Crippen LogP) is 3.30. The third kappa shape index (κ3) is 3.60. The van der Waals surface area contributed by atoms with Crippen molar-refractivity contribution in [3.05, 3.63) is 59.1 Å². The van der Waals surface area contributed by atoms with E-state index in [0.29, 0.717) is 18.5 Å². The molecule has 2 fully saturated rings. The van der Waals surface area contributed by atoms with Gasteiger partial charge in [0.25, 0.3) is 5.91 Å². The van der Waals surface area contributed by atoms with Crippen LogP contribution in [0.3, 0.4) is 0 Å². The van der Waals surface area contributed by atoms with E-state index in [0.717, 1.165) is 12.5 Å². The molecule has 2 heterocycles. The number of carbonyl (C=O) groups is 2. The van der Waals surface area contributed by atoms with Gasteiger partial charge in [0.1, 0.15) is 5.82 Å². The number of amides is 3. The van der Waals surface area contributed by atoms with E-state index in [9.17, 15) is 14.0 Å².